The van der Waals surface area contributed by atoms with E-state index in [-0.39, 0.29) is 27.9 Å². The minimum atomic E-state index is -3.63. The van der Waals surface area contributed by atoms with E-state index >= 15 is 0 Å². The number of hydrogen-bond acceptors (Lipinski definition) is 5. The third-order valence-electron chi connectivity index (χ3n) is 3.84. The number of benzene rings is 2. The minimum Gasteiger partial charge on any atom is -0.461 e. The minimum absolute atomic E-state index is 0.0827. The highest BCUT2D eigenvalue weighted by molar-refractivity contribution is 7.91. The van der Waals surface area contributed by atoms with Crippen LogP contribution in [-0.4, -0.2) is 31.9 Å². The molecule has 0 radical (unpaired) electrons. The standard InChI is InChI=1S/C18H16Cl2N2O4S/c1-2-26-18(23)17-16(15-13(20)8-11(19)9-14(15)22-17)21-10-27(24,25)12-6-4-3-5-7-12/h3-9,21-22H,2,10H2,1H3. The van der Waals surface area contributed by atoms with E-state index in [0.717, 1.165) is 0 Å². The summed E-state index contributed by atoms with van der Waals surface area (Å²) in [6.07, 6.45) is 0. The number of fused-ring (bicyclic) bond motifs is 1. The fourth-order valence-corrected chi connectivity index (χ4v) is 4.32. The van der Waals surface area contributed by atoms with Crippen molar-refractivity contribution in [3.05, 3.63) is 58.2 Å². The lowest BCUT2D eigenvalue weighted by Crippen LogP contribution is -2.17. The molecule has 2 N–H and O–H groups in total. The summed E-state index contributed by atoms with van der Waals surface area (Å²) in [4.78, 5) is 15.4. The molecule has 0 bridgehead atoms. The molecule has 0 amide bonds. The zero-order chi connectivity index (χ0) is 19.6. The topological polar surface area (TPSA) is 88.3 Å². The van der Waals surface area contributed by atoms with Crippen molar-refractivity contribution in [2.45, 2.75) is 11.8 Å². The van der Waals surface area contributed by atoms with Crippen molar-refractivity contribution in [1.29, 1.82) is 0 Å². The molecule has 1 aromatic heterocycles. The van der Waals surface area contributed by atoms with E-state index in [4.69, 9.17) is 27.9 Å². The summed E-state index contributed by atoms with van der Waals surface area (Å²) in [5, 5.41) is 3.96. The molecule has 3 rings (SSSR count). The number of anilines is 1. The van der Waals surface area contributed by atoms with Gasteiger partial charge < -0.3 is 15.0 Å². The fourth-order valence-electron chi connectivity index (χ4n) is 2.66. The highest BCUT2D eigenvalue weighted by Gasteiger charge is 2.23. The largest absolute Gasteiger partial charge is 0.461 e. The van der Waals surface area contributed by atoms with Crippen molar-refractivity contribution < 1.29 is 17.9 Å². The van der Waals surface area contributed by atoms with Gasteiger partial charge in [0.15, 0.2) is 9.84 Å². The third kappa shape index (κ3) is 4.05. The molecule has 0 aliphatic heterocycles. The third-order valence-corrected chi connectivity index (χ3v) is 5.87. The van der Waals surface area contributed by atoms with Gasteiger partial charge in [-0.15, -0.1) is 0 Å². The van der Waals surface area contributed by atoms with Gasteiger partial charge in [0.25, 0.3) is 0 Å². The smallest absolute Gasteiger partial charge is 0.356 e. The summed E-state index contributed by atoms with van der Waals surface area (Å²) in [6.45, 7) is 1.85. The lowest BCUT2D eigenvalue weighted by atomic mass is 10.2. The molecule has 2 aromatic carbocycles. The molecule has 0 unspecified atom stereocenters. The van der Waals surface area contributed by atoms with Gasteiger partial charge in [-0.05, 0) is 31.2 Å². The lowest BCUT2D eigenvalue weighted by Gasteiger charge is -2.10. The van der Waals surface area contributed by atoms with E-state index < -0.39 is 21.7 Å². The zero-order valence-electron chi connectivity index (χ0n) is 14.3. The first-order chi connectivity index (χ1) is 12.8. The number of nitrogens with one attached hydrogen (secondary N) is 2. The van der Waals surface area contributed by atoms with Gasteiger partial charge in [0.1, 0.15) is 11.6 Å². The summed E-state index contributed by atoms with van der Waals surface area (Å²) in [6, 6.07) is 11.1. The van der Waals surface area contributed by atoms with Crippen LogP contribution in [0.4, 0.5) is 5.69 Å². The molecule has 0 saturated carbocycles. The molecule has 9 heteroatoms. The van der Waals surface area contributed by atoms with Crippen molar-refractivity contribution in [3.8, 4) is 0 Å². The van der Waals surface area contributed by atoms with Crippen LogP contribution in [0.5, 0.6) is 0 Å². The Morgan fingerprint density at radius 3 is 2.56 bits per heavy atom. The molecule has 1 heterocycles. The van der Waals surface area contributed by atoms with E-state index in [1.54, 1.807) is 31.2 Å². The average molecular weight is 427 g/mol. The van der Waals surface area contributed by atoms with Crippen molar-refractivity contribution >= 4 is 55.6 Å². The number of ether oxygens (including phenoxy) is 1. The van der Waals surface area contributed by atoms with Crippen molar-refractivity contribution in [2.24, 2.45) is 0 Å². The molecular formula is C18H16Cl2N2O4S. The highest BCUT2D eigenvalue weighted by Crippen LogP contribution is 2.36. The molecule has 27 heavy (non-hydrogen) atoms. The van der Waals surface area contributed by atoms with Crippen molar-refractivity contribution in [3.63, 3.8) is 0 Å². The van der Waals surface area contributed by atoms with Crippen molar-refractivity contribution in [1.82, 2.24) is 4.98 Å². The average Bonchev–Trinajstić information content (AvgIpc) is 3.00. The van der Waals surface area contributed by atoms with Crippen LogP contribution in [0.25, 0.3) is 10.9 Å². The Morgan fingerprint density at radius 1 is 1.19 bits per heavy atom. The first-order valence-corrected chi connectivity index (χ1v) is 10.4. The van der Waals surface area contributed by atoms with Gasteiger partial charge in [0, 0.05) is 10.4 Å². The summed E-state index contributed by atoms with van der Waals surface area (Å²) in [5.41, 5.74) is 0.832. The Hall–Kier alpha value is -2.22. The zero-order valence-corrected chi connectivity index (χ0v) is 16.6. The summed E-state index contributed by atoms with van der Waals surface area (Å²) in [5.74, 6) is -1.05. The highest BCUT2D eigenvalue weighted by atomic mass is 35.5. The predicted molar refractivity (Wildman–Crippen MR) is 106 cm³/mol. The second kappa shape index (κ2) is 7.80. The maximum atomic E-state index is 12.6. The van der Waals surface area contributed by atoms with Gasteiger partial charge in [0.2, 0.25) is 0 Å². The van der Waals surface area contributed by atoms with Crippen LogP contribution in [0, 0.1) is 0 Å². The Kier molecular flexibility index (Phi) is 5.64. The molecule has 142 valence electrons. The van der Waals surface area contributed by atoms with Crippen LogP contribution in [0.15, 0.2) is 47.4 Å². The molecule has 0 saturated heterocycles. The summed E-state index contributed by atoms with van der Waals surface area (Å²) >= 11 is 12.3. The maximum absolute atomic E-state index is 12.6. The number of sulfone groups is 1. The van der Waals surface area contributed by atoms with Crippen LogP contribution >= 0.6 is 23.2 Å². The van der Waals surface area contributed by atoms with Gasteiger partial charge in [0.05, 0.1) is 27.7 Å². The second-order valence-corrected chi connectivity index (χ2v) is 8.49. The van der Waals surface area contributed by atoms with Crippen LogP contribution in [0.1, 0.15) is 17.4 Å². The normalized spacial score (nSPS) is 11.5. The van der Waals surface area contributed by atoms with Gasteiger partial charge in [-0.2, -0.15) is 0 Å². The number of carbonyl (C=O) groups excluding carboxylic acids is 1. The molecule has 0 spiro atoms. The van der Waals surface area contributed by atoms with Crippen LogP contribution in [0.3, 0.4) is 0 Å². The molecule has 0 atom stereocenters. The van der Waals surface area contributed by atoms with Crippen LogP contribution in [0.2, 0.25) is 10.0 Å². The first kappa shape index (κ1) is 19.5. The van der Waals surface area contributed by atoms with E-state index in [1.165, 1.54) is 18.2 Å². The van der Waals surface area contributed by atoms with Crippen LogP contribution < -0.4 is 5.32 Å². The SMILES string of the molecule is CCOC(=O)c1[nH]c2cc(Cl)cc(Cl)c2c1NCS(=O)(=O)c1ccccc1. The number of esters is 1. The molecule has 3 aromatic rings. The van der Waals surface area contributed by atoms with Gasteiger partial charge in [-0.25, -0.2) is 13.2 Å². The van der Waals surface area contributed by atoms with Gasteiger partial charge >= 0.3 is 5.97 Å². The van der Waals surface area contributed by atoms with Crippen LogP contribution in [-0.2, 0) is 14.6 Å². The van der Waals surface area contributed by atoms with Gasteiger partial charge in [-0.1, -0.05) is 41.4 Å². The molecule has 0 aliphatic rings. The van der Waals surface area contributed by atoms with E-state index in [9.17, 15) is 13.2 Å². The van der Waals surface area contributed by atoms with E-state index in [1.807, 2.05) is 0 Å². The quantitative estimate of drug-likeness (QED) is 0.566. The molecule has 6 nitrogen and oxygen atoms in total. The number of aromatic nitrogens is 1. The maximum Gasteiger partial charge on any atom is 0.356 e. The number of rotatable bonds is 6. The Labute approximate surface area is 166 Å². The van der Waals surface area contributed by atoms with Crippen molar-refractivity contribution in [2.75, 3.05) is 17.8 Å². The predicted octanol–water partition coefficient (Wildman–Crippen LogP) is 4.49. The second-order valence-electron chi connectivity index (χ2n) is 5.65. The number of hydrogen-bond donors (Lipinski definition) is 2. The van der Waals surface area contributed by atoms with E-state index in [2.05, 4.69) is 10.3 Å². The number of carbonyl (C=O) groups is 1. The molecular weight excluding hydrogens is 411 g/mol. The number of H-pyrrole nitrogens is 1. The van der Waals surface area contributed by atoms with E-state index in [0.29, 0.717) is 15.9 Å². The monoisotopic (exact) mass is 426 g/mol. The number of halogens is 2. The van der Waals surface area contributed by atoms with Gasteiger partial charge in [-0.3, -0.25) is 0 Å². The molecule has 0 aliphatic carbocycles. The Bertz CT molecular complexity index is 1100. The molecule has 0 fully saturated rings. The summed E-state index contributed by atoms with van der Waals surface area (Å²) in [7, 11) is -3.63. The Balaban J connectivity index is 2.04. The fraction of sp³-hybridized carbons (Fsp3) is 0.167. The number of aromatic amines is 1. The lowest BCUT2D eigenvalue weighted by molar-refractivity contribution is 0.0521. The Morgan fingerprint density at radius 2 is 1.89 bits per heavy atom. The first-order valence-electron chi connectivity index (χ1n) is 8.03. The summed E-state index contributed by atoms with van der Waals surface area (Å²) < 4.78 is 30.2.